The van der Waals surface area contributed by atoms with Crippen LogP contribution >= 0.6 is 0 Å². The lowest BCUT2D eigenvalue weighted by molar-refractivity contribution is -0.140. The second kappa shape index (κ2) is 4.55. The molecule has 1 unspecified atom stereocenters. The Morgan fingerprint density at radius 1 is 1.19 bits per heavy atom. The van der Waals surface area contributed by atoms with Crippen LogP contribution in [0.1, 0.15) is 25.3 Å². The van der Waals surface area contributed by atoms with Gasteiger partial charge in [-0.05, 0) is 5.92 Å². The number of halogens is 3. The van der Waals surface area contributed by atoms with Gasteiger partial charge in [0, 0.05) is 17.7 Å². The number of carboxylic acids is 1. The van der Waals surface area contributed by atoms with Crippen LogP contribution in [-0.2, 0) is 4.79 Å². The zero-order chi connectivity index (χ0) is 12.5. The van der Waals surface area contributed by atoms with Gasteiger partial charge < -0.3 is 5.11 Å². The van der Waals surface area contributed by atoms with Crippen molar-refractivity contribution in [2.45, 2.75) is 19.8 Å². The highest BCUT2D eigenvalue weighted by Crippen LogP contribution is 2.29. The molecule has 1 aromatic rings. The van der Waals surface area contributed by atoms with E-state index < -0.39 is 40.8 Å². The average molecular weight is 232 g/mol. The Hall–Kier alpha value is -1.52. The molecular formula is C11H11F3O2. The van der Waals surface area contributed by atoms with Crippen molar-refractivity contribution in [3.8, 4) is 0 Å². The first-order chi connectivity index (χ1) is 7.34. The minimum absolute atomic E-state index is 0.483. The summed E-state index contributed by atoms with van der Waals surface area (Å²) in [6.07, 6.45) is 0. The smallest absolute Gasteiger partial charge is 0.311 e. The number of hydrogen-bond acceptors (Lipinski definition) is 1. The maximum atomic E-state index is 13.3. The van der Waals surface area contributed by atoms with Gasteiger partial charge in [-0.1, -0.05) is 13.8 Å². The molecule has 0 fully saturated rings. The number of rotatable bonds is 3. The number of hydrogen-bond donors (Lipinski definition) is 1. The zero-order valence-electron chi connectivity index (χ0n) is 8.80. The van der Waals surface area contributed by atoms with Crippen LogP contribution in [-0.4, -0.2) is 11.1 Å². The van der Waals surface area contributed by atoms with Crippen molar-refractivity contribution < 1.29 is 23.1 Å². The molecule has 16 heavy (non-hydrogen) atoms. The lowest BCUT2D eigenvalue weighted by atomic mass is 9.88. The first-order valence-corrected chi connectivity index (χ1v) is 4.71. The largest absolute Gasteiger partial charge is 0.481 e. The van der Waals surface area contributed by atoms with Crippen molar-refractivity contribution >= 4 is 5.97 Å². The number of aliphatic carboxylic acids is 1. The Kier molecular flexibility index (Phi) is 3.57. The van der Waals surface area contributed by atoms with Crippen LogP contribution in [0.2, 0.25) is 0 Å². The Morgan fingerprint density at radius 2 is 1.62 bits per heavy atom. The highest BCUT2D eigenvalue weighted by Gasteiger charge is 2.30. The van der Waals surface area contributed by atoms with Crippen LogP contribution in [0.25, 0.3) is 0 Å². The van der Waals surface area contributed by atoms with Gasteiger partial charge in [-0.15, -0.1) is 0 Å². The number of carboxylic acid groups (broad SMARTS) is 1. The normalized spacial score (nSPS) is 12.9. The second-order valence-electron chi connectivity index (χ2n) is 3.84. The summed E-state index contributed by atoms with van der Waals surface area (Å²) in [5.41, 5.74) is -0.594. The van der Waals surface area contributed by atoms with E-state index >= 15 is 0 Å². The number of benzene rings is 1. The van der Waals surface area contributed by atoms with Crippen molar-refractivity contribution in [3.63, 3.8) is 0 Å². The maximum absolute atomic E-state index is 13.3. The van der Waals surface area contributed by atoms with Crippen molar-refractivity contribution in [1.82, 2.24) is 0 Å². The summed E-state index contributed by atoms with van der Waals surface area (Å²) in [7, 11) is 0. The molecule has 5 heteroatoms. The van der Waals surface area contributed by atoms with Gasteiger partial charge in [-0.2, -0.15) is 0 Å². The summed E-state index contributed by atoms with van der Waals surface area (Å²) in [5.74, 6) is -6.55. The van der Waals surface area contributed by atoms with Crippen molar-refractivity contribution in [2.24, 2.45) is 5.92 Å². The van der Waals surface area contributed by atoms with Crippen LogP contribution in [0, 0.1) is 23.4 Å². The summed E-state index contributed by atoms with van der Waals surface area (Å²) in [6.45, 7) is 3.06. The molecule has 1 aromatic carbocycles. The molecule has 1 rings (SSSR count). The molecule has 0 radical (unpaired) electrons. The van der Waals surface area contributed by atoms with Crippen LogP contribution < -0.4 is 0 Å². The van der Waals surface area contributed by atoms with E-state index in [1.54, 1.807) is 0 Å². The quantitative estimate of drug-likeness (QED) is 0.869. The summed E-state index contributed by atoms with van der Waals surface area (Å²) in [6, 6.07) is 0.966. The maximum Gasteiger partial charge on any atom is 0.311 e. The van der Waals surface area contributed by atoms with Gasteiger partial charge in [0.25, 0.3) is 0 Å². The van der Waals surface area contributed by atoms with Crippen LogP contribution in [0.15, 0.2) is 12.1 Å². The summed E-state index contributed by atoms with van der Waals surface area (Å²) >= 11 is 0. The topological polar surface area (TPSA) is 37.3 Å². The van der Waals surface area contributed by atoms with Gasteiger partial charge in [-0.3, -0.25) is 4.79 Å². The Bertz CT molecular complexity index is 393. The van der Waals surface area contributed by atoms with Crippen LogP contribution in [0.3, 0.4) is 0 Å². The molecule has 0 spiro atoms. The predicted molar refractivity (Wildman–Crippen MR) is 51.5 cm³/mol. The SMILES string of the molecule is CC(C)C(C(=O)O)c1c(F)cc(F)cc1F. The summed E-state index contributed by atoms with van der Waals surface area (Å²) in [4.78, 5) is 10.9. The van der Waals surface area contributed by atoms with E-state index in [4.69, 9.17) is 5.11 Å². The molecule has 0 saturated carbocycles. The third-order valence-electron chi connectivity index (χ3n) is 2.29. The second-order valence-corrected chi connectivity index (χ2v) is 3.84. The molecule has 0 heterocycles. The molecule has 0 amide bonds. The minimum atomic E-state index is -1.33. The van der Waals surface area contributed by atoms with Crippen LogP contribution in [0.5, 0.6) is 0 Å². The predicted octanol–water partition coefficient (Wildman–Crippen LogP) is 2.93. The molecule has 1 N–H and O–H groups in total. The van der Waals surface area contributed by atoms with E-state index in [0.717, 1.165) is 0 Å². The Morgan fingerprint density at radius 3 is 1.94 bits per heavy atom. The van der Waals surface area contributed by atoms with Crippen molar-refractivity contribution in [2.75, 3.05) is 0 Å². The fourth-order valence-electron chi connectivity index (χ4n) is 1.59. The third kappa shape index (κ3) is 2.35. The van der Waals surface area contributed by atoms with Gasteiger partial charge in [0.1, 0.15) is 17.5 Å². The highest BCUT2D eigenvalue weighted by atomic mass is 19.1. The molecule has 0 aliphatic rings. The van der Waals surface area contributed by atoms with Crippen LogP contribution in [0.4, 0.5) is 13.2 Å². The first-order valence-electron chi connectivity index (χ1n) is 4.71. The Balaban J connectivity index is 3.35. The molecule has 0 aliphatic heterocycles. The molecule has 2 nitrogen and oxygen atoms in total. The van der Waals surface area contributed by atoms with E-state index in [1.165, 1.54) is 13.8 Å². The van der Waals surface area contributed by atoms with Gasteiger partial charge in [-0.25, -0.2) is 13.2 Å². The average Bonchev–Trinajstić information content (AvgIpc) is 2.09. The standard InChI is InChI=1S/C11H11F3O2/c1-5(2)9(11(15)16)10-7(13)3-6(12)4-8(10)14/h3-5,9H,1-2H3,(H,15,16). The molecule has 0 bridgehead atoms. The fourth-order valence-corrected chi connectivity index (χ4v) is 1.59. The number of carbonyl (C=O) groups is 1. The molecule has 0 aliphatic carbocycles. The fraction of sp³-hybridized carbons (Fsp3) is 0.364. The minimum Gasteiger partial charge on any atom is -0.481 e. The van der Waals surface area contributed by atoms with Crippen molar-refractivity contribution in [1.29, 1.82) is 0 Å². The first kappa shape index (κ1) is 12.5. The summed E-state index contributed by atoms with van der Waals surface area (Å²) < 4.78 is 39.3. The van der Waals surface area contributed by atoms with Gasteiger partial charge in [0.15, 0.2) is 0 Å². The lowest BCUT2D eigenvalue weighted by Crippen LogP contribution is -2.20. The lowest BCUT2D eigenvalue weighted by Gasteiger charge is -2.17. The monoisotopic (exact) mass is 232 g/mol. The van der Waals surface area contributed by atoms with E-state index in [2.05, 4.69) is 0 Å². The summed E-state index contributed by atoms with van der Waals surface area (Å²) in [5, 5.41) is 8.89. The van der Waals surface area contributed by atoms with Gasteiger partial charge >= 0.3 is 5.97 Å². The molecule has 1 atom stereocenters. The van der Waals surface area contributed by atoms with Gasteiger partial charge in [0.05, 0.1) is 5.92 Å². The highest BCUT2D eigenvalue weighted by molar-refractivity contribution is 5.76. The van der Waals surface area contributed by atoms with E-state index in [-0.39, 0.29) is 0 Å². The van der Waals surface area contributed by atoms with Crippen molar-refractivity contribution in [3.05, 3.63) is 35.1 Å². The Labute approximate surface area is 90.7 Å². The van der Waals surface area contributed by atoms with E-state index in [1.807, 2.05) is 0 Å². The van der Waals surface area contributed by atoms with E-state index in [9.17, 15) is 18.0 Å². The van der Waals surface area contributed by atoms with Gasteiger partial charge in [0.2, 0.25) is 0 Å². The molecule has 88 valence electrons. The van der Waals surface area contributed by atoms with E-state index in [0.29, 0.717) is 12.1 Å². The zero-order valence-corrected chi connectivity index (χ0v) is 8.80. The third-order valence-corrected chi connectivity index (χ3v) is 2.29. The molecule has 0 saturated heterocycles. The molecule has 0 aromatic heterocycles. The molecular weight excluding hydrogens is 221 g/mol.